The van der Waals surface area contributed by atoms with E-state index >= 15 is 0 Å². The van der Waals surface area contributed by atoms with Gasteiger partial charge in [-0.1, -0.05) is 12.1 Å². The average molecular weight is 230 g/mol. The molecule has 0 bridgehead atoms. The van der Waals surface area contributed by atoms with Crippen LogP contribution in [0.15, 0.2) is 24.3 Å². The van der Waals surface area contributed by atoms with Gasteiger partial charge in [0.15, 0.2) is 0 Å². The summed E-state index contributed by atoms with van der Waals surface area (Å²) in [6, 6.07) is 8.66. The molecule has 0 amide bonds. The van der Waals surface area contributed by atoms with E-state index in [0.29, 0.717) is 6.04 Å². The molecule has 0 aliphatic heterocycles. The number of rotatable bonds is 1. The van der Waals surface area contributed by atoms with Crippen molar-refractivity contribution in [3.8, 4) is 0 Å². The van der Waals surface area contributed by atoms with Crippen LogP contribution in [0.4, 0.5) is 0 Å². The lowest BCUT2D eigenvalue weighted by Gasteiger charge is -2.28. The fourth-order valence-corrected chi connectivity index (χ4v) is 3.00. The molecule has 1 heterocycles. The summed E-state index contributed by atoms with van der Waals surface area (Å²) in [6.45, 7) is 2.06. The molecule has 2 atom stereocenters. The Kier molecular flexibility index (Phi) is 2.63. The van der Waals surface area contributed by atoms with Crippen LogP contribution in [0.1, 0.15) is 37.5 Å². The molecule has 3 heteroatoms. The highest BCUT2D eigenvalue weighted by Crippen LogP contribution is 2.32. The monoisotopic (exact) mass is 230 g/mol. The highest BCUT2D eigenvalue weighted by atomic mass is 16.3. The zero-order chi connectivity index (χ0) is 11.8. The summed E-state index contributed by atoms with van der Waals surface area (Å²) < 4.78 is 2.30. The topological polar surface area (TPSA) is 38.0 Å². The Hall–Kier alpha value is -1.35. The summed E-state index contributed by atoms with van der Waals surface area (Å²) in [5, 5.41) is 9.81. The summed E-state index contributed by atoms with van der Waals surface area (Å²) in [4.78, 5) is 4.59. The Morgan fingerprint density at radius 3 is 2.94 bits per heavy atom. The fourth-order valence-electron chi connectivity index (χ4n) is 3.00. The molecule has 1 fully saturated rings. The van der Waals surface area contributed by atoms with Crippen molar-refractivity contribution in [3.63, 3.8) is 0 Å². The Labute approximate surface area is 101 Å². The normalized spacial score (nSPS) is 25.3. The van der Waals surface area contributed by atoms with Gasteiger partial charge in [-0.05, 0) is 44.7 Å². The van der Waals surface area contributed by atoms with Crippen LogP contribution in [0.3, 0.4) is 0 Å². The SMILES string of the molecule is Cc1nc2ccccc2n1C1CCCC(O)C1. The fraction of sp³-hybridized carbons (Fsp3) is 0.500. The van der Waals surface area contributed by atoms with Crippen LogP contribution in [-0.4, -0.2) is 20.8 Å². The van der Waals surface area contributed by atoms with E-state index in [9.17, 15) is 5.11 Å². The van der Waals surface area contributed by atoms with Gasteiger partial charge in [0.1, 0.15) is 5.82 Å². The third-order valence-corrected chi connectivity index (χ3v) is 3.76. The first-order valence-corrected chi connectivity index (χ1v) is 6.37. The van der Waals surface area contributed by atoms with Gasteiger partial charge in [-0.2, -0.15) is 0 Å². The molecule has 0 spiro atoms. The molecular formula is C14H18N2O. The number of para-hydroxylation sites is 2. The van der Waals surface area contributed by atoms with E-state index in [2.05, 4.69) is 34.7 Å². The molecule has 2 aromatic rings. The predicted molar refractivity (Wildman–Crippen MR) is 68.0 cm³/mol. The van der Waals surface area contributed by atoms with E-state index in [1.54, 1.807) is 0 Å². The largest absolute Gasteiger partial charge is 0.393 e. The number of aliphatic hydroxyl groups is 1. The molecule has 3 rings (SSSR count). The molecule has 1 aromatic carbocycles. The van der Waals surface area contributed by atoms with Crippen molar-refractivity contribution in [1.82, 2.24) is 9.55 Å². The van der Waals surface area contributed by atoms with E-state index in [-0.39, 0.29) is 6.10 Å². The van der Waals surface area contributed by atoms with Crippen molar-refractivity contribution in [2.75, 3.05) is 0 Å². The number of aromatic nitrogens is 2. The maximum Gasteiger partial charge on any atom is 0.106 e. The van der Waals surface area contributed by atoms with Gasteiger partial charge in [-0.15, -0.1) is 0 Å². The van der Waals surface area contributed by atoms with Gasteiger partial charge in [0, 0.05) is 6.04 Å². The van der Waals surface area contributed by atoms with Crippen molar-refractivity contribution in [2.45, 2.75) is 44.8 Å². The number of aryl methyl sites for hydroxylation is 1. The van der Waals surface area contributed by atoms with Gasteiger partial charge in [0.25, 0.3) is 0 Å². The lowest BCUT2D eigenvalue weighted by atomic mass is 9.92. The molecule has 90 valence electrons. The van der Waals surface area contributed by atoms with Gasteiger partial charge in [0.05, 0.1) is 17.1 Å². The first-order chi connectivity index (χ1) is 8.25. The van der Waals surface area contributed by atoms with Crippen LogP contribution in [0, 0.1) is 6.92 Å². The summed E-state index contributed by atoms with van der Waals surface area (Å²) in [5.74, 6) is 1.06. The Morgan fingerprint density at radius 1 is 1.29 bits per heavy atom. The third-order valence-electron chi connectivity index (χ3n) is 3.76. The smallest absolute Gasteiger partial charge is 0.106 e. The Morgan fingerprint density at radius 2 is 2.12 bits per heavy atom. The molecule has 2 unspecified atom stereocenters. The maximum atomic E-state index is 9.81. The number of hydrogen-bond donors (Lipinski definition) is 1. The molecule has 3 nitrogen and oxygen atoms in total. The molecular weight excluding hydrogens is 212 g/mol. The Balaban J connectivity index is 2.06. The second-order valence-electron chi connectivity index (χ2n) is 4.99. The van der Waals surface area contributed by atoms with Gasteiger partial charge >= 0.3 is 0 Å². The van der Waals surface area contributed by atoms with Gasteiger partial charge in [0.2, 0.25) is 0 Å². The number of fused-ring (bicyclic) bond motifs is 1. The number of aliphatic hydroxyl groups excluding tert-OH is 1. The van der Waals surface area contributed by atoms with E-state index in [4.69, 9.17) is 0 Å². The van der Waals surface area contributed by atoms with Crippen LogP contribution < -0.4 is 0 Å². The quantitative estimate of drug-likeness (QED) is 0.818. The average Bonchev–Trinajstić information content (AvgIpc) is 2.64. The van der Waals surface area contributed by atoms with Crippen LogP contribution in [0.2, 0.25) is 0 Å². The van der Waals surface area contributed by atoms with Crippen molar-refractivity contribution in [1.29, 1.82) is 0 Å². The number of benzene rings is 1. The molecule has 1 saturated carbocycles. The summed E-state index contributed by atoms with van der Waals surface area (Å²) in [7, 11) is 0. The minimum atomic E-state index is -0.144. The van der Waals surface area contributed by atoms with Crippen molar-refractivity contribution in [2.24, 2.45) is 0 Å². The lowest BCUT2D eigenvalue weighted by Crippen LogP contribution is -2.23. The third kappa shape index (κ3) is 1.84. The van der Waals surface area contributed by atoms with Crippen molar-refractivity contribution >= 4 is 11.0 Å². The molecule has 0 radical (unpaired) electrons. The zero-order valence-corrected chi connectivity index (χ0v) is 10.1. The number of nitrogens with zero attached hydrogens (tertiary/aromatic N) is 2. The molecule has 1 N–H and O–H groups in total. The Bertz CT molecular complexity index is 532. The minimum absolute atomic E-state index is 0.144. The van der Waals surface area contributed by atoms with Crippen LogP contribution >= 0.6 is 0 Å². The molecule has 1 aliphatic rings. The minimum Gasteiger partial charge on any atom is -0.393 e. The summed E-state index contributed by atoms with van der Waals surface area (Å²) in [6.07, 6.45) is 3.92. The van der Waals surface area contributed by atoms with Crippen LogP contribution in [0.25, 0.3) is 11.0 Å². The van der Waals surface area contributed by atoms with E-state index in [0.717, 1.165) is 37.0 Å². The summed E-state index contributed by atoms with van der Waals surface area (Å²) >= 11 is 0. The van der Waals surface area contributed by atoms with Crippen molar-refractivity contribution in [3.05, 3.63) is 30.1 Å². The first kappa shape index (κ1) is 10.8. The predicted octanol–water partition coefficient (Wildman–Crippen LogP) is 2.82. The van der Waals surface area contributed by atoms with Crippen LogP contribution in [-0.2, 0) is 0 Å². The maximum absolute atomic E-state index is 9.81. The standard InChI is InChI=1S/C14H18N2O/c1-10-15-13-7-2-3-8-14(13)16(10)11-5-4-6-12(17)9-11/h2-3,7-8,11-12,17H,4-6,9H2,1H3. The zero-order valence-electron chi connectivity index (χ0n) is 10.1. The lowest BCUT2D eigenvalue weighted by molar-refractivity contribution is 0.104. The molecule has 17 heavy (non-hydrogen) atoms. The van der Waals surface area contributed by atoms with E-state index in [1.165, 1.54) is 5.52 Å². The number of imidazole rings is 1. The van der Waals surface area contributed by atoms with Gasteiger partial charge in [-0.3, -0.25) is 0 Å². The second kappa shape index (κ2) is 4.15. The van der Waals surface area contributed by atoms with E-state index in [1.807, 2.05) is 6.07 Å². The van der Waals surface area contributed by atoms with Gasteiger partial charge < -0.3 is 9.67 Å². The van der Waals surface area contributed by atoms with Gasteiger partial charge in [-0.25, -0.2) is 4.98 Å². The first-order valence-electron chi connectivity index (χ1n) is 6.37. The number of hydrogen-bond acceptors (Lipinski definition) is 2. The van der Waals surface area contributed by atoms with Crippen LogP contribution in [0.5, 0.6) is 0 Å². The highest BCUT2D eigenvalue weighted by Gasteiger charge is 2.24. The second-order valence-corrected chi connectivity index (χ2v) is 4.99. The van der Waals surface area contributed by atoms with Crippen molar-refractivity contribution < 1.29 is 5.11 Å². The van der Waals surface area contributed by atoms with E-state index < -0.39 is 0 Å². The highest BCUT2D eigenvalue weighted by molar-refractivity contribution is 5.76. The molecule has 1 aliphatic carbocycles. The summed E-state index contributed by atoms with van der Waals surface area (Å²) in [5.41, 5.74) is 2.26. The molecule has 0 saturated heterocycles. The molecule has 1 aromatic heterocycles.